The smallest absolute Gasteiger partial charge is 0.0184 e. The SMILES string of the molecule is CC1C=C(c2ccc(-c3ccccc3)cc2)C=CC1. The summed E-state index contributed by atoms with van der Waals surface area (Å²) in [6, 6.07) is 19.4. The van der Waals surface area contributed by atoms with E-state index in [4.69, 9.17) is 0 Å². The Morgan fingerprint density at radius 3 is 2.11 bits per heavy atom. The van der Waals surface area contributed by atoms with Crippen molar-refractivity contribution in [2.45, 2.75) is 13.3 Å². The predicted octanol–water partition coefficient (Wildman–Crippen LogP) is 5.33. The van der Waals surface area contributed by atoms with Gasteiger partial charge in [-0.1, -0.05) is 79.7 Å². The molecule has 0 nitrogen and oxygen atoms in total. The Morgan fingerprint density at radius 2 is 1.42 bits per heavy atom. The highest BCUT2D eigenvalue weighted by atomic mass is 14.1. The lowest BCUT2D eigenvalue weighted by Gasteiger charge is -2.13. The van der Waals surface area contributed by atoms with Crippen molar-refractivity contribution in [3.05, 3.63) is 78.4 Å². The van der Waals surface area contributed by atoms with Crippen molar-refractivity contribution in [3.63, 3.8) is 0 Å². The summed E-state index contributed by atoms with van der Waals surface area (Å²) in [5, 5.41) is 0. The van der Waals surface area contributed by atoms with Gasteiger partial charge in [0, 0.05) is 0 Å². The maximum atomic E-state index is 2.36. The Balaban J connectivity index is 1.89. The fourth-order valence-electron chi connectivity index (χ4n) is 2.52. The first-order chi connectivity index (χ1) is 9.33. The van der Waals surface area contributed by atoms with Gasteiger partial charge in [0.1, 0.15) is 0 Å². The van der Waals surface area contributed by atoms with E-state index in [1.54, 1.807) is 0 Å². The number of benzene rings is 2. The van der Waals surface area contributed by atoms with Gasteiger partial charge in [-0.25, -0.2) is 0 Å². The zero-order valence-electron chi connectivity index (χ0n) is 11.2. The zero-order valence-corrected chi connectivity index (χ0v) is 11.2. The van der Waals surface area contributed by atoms with Gasteiger partial charge in [0.05, 0.1) is 0 Å². The van der Waals surface area contributed by atoms with Gasteiger partial charge >= 0.3 is 0 Å². The second-order valence-electron chi connectivity index (χ2n) is 5.18. The molecule has 2 aromatic carbocycles. The number of hydrogen-bond donors (Lipinski definition) is 0. The molecule has 0 saturated heterocycles. The fraction of sp³-hybridized carbons (Fsp3) is 0.158. The first-order valence-corrected chi connectivity index (χ1v) is 6.87. The Bertz CT molecular complexity index is 600. The lowest BCUT2D eigenvalue weighted by molar-refractivity contribution is 0.740. The lowest BCUT2D eigenvalue weighted by atomic mass is 9.92. The molecule has 0 spiro atoms. The minimum Gasteiger partial charge on any atom is -0.0834 e. The van der Waals surface area contributed by atoms with Gasteiger partial charge in [-0.2, -0.15) is 0 Å². The summed E-state index contributed by atoms with van der Waals surface area (Å²) in [5.74, 6) is 0.647. The van der Waals surface area contributed by atoms with Crippen molar-refractivity contribution in [1.82, 2.24) is 0 Å². The van der Waals surface area contributed by atoms with Crippen LogP contribution < -0.4 is 0 Å². The first kappa shape index (κ1) is 12.0. The highest BCUT2D eigenvalue weighted by Crippen LogP contribution is 2.26. The average Bonchev–Trinajstić information content (AvgIpc) is 2.48. The predicted molar refractivity (Wildman–Crippen MR) is 82.8 cm³/mol. The van der Waals surface area contributed by atoms with Gasteiger partial charge in [-0.15, -0.1) is 0 Å². The van der Waals surface area contributed by atoms with Crippen LogP contribution in [0.2, 0.25) is 0 Å². The minimum atomic E-state index is 0.647. The standard InChI is InChI=1S/C19H18/c1-15-6-5-9-19(14-15)18-12-10-17(11-13-18)16-7-3-2-4-8-16/h2-5,7-15H,6H2,1H3. The van der Waals surface area contributed by atoms with Crippen molar-refractivity contribution in [3.8, 4) is 11.1 Å². The topological polar surface area (TPSA) is 0 Å². The van der Waals surface area contributed by atoms with E-state index in [9.17, 15) is 0 Å². The van der Waals surface area contributed by atoms with Crippen LogP contribution >= 0.6 is 0 Å². The van der Waals surface area contributed by atoms with Gasteiger partial charge in [-0.3, -0.25) is 0 Å². The van der Waals surface area contributed by atoms with Crippen LogP contribution in [-0.4, -0.2) is 0 Å². The van der Waals surface area contributed by atoms with E-state index >= 15 is 0 Å². The van der Waals surface area contributed by atoms with Crippen LogP contribution in [0, 0.1) is 5.92 Å². The second-order valence-corrected chi connectivity index (χ2v) is 5.18. The summed E-state index contributed by atoms with van der Waals surface area (Å²) in [6.07, 6.45) is 8.02. The molecule has 0 aromatic heterocycles. The zero-order chi connectivity index (χ0) is 13.1. The third-order valence-corrected chi connectivity index (χ3v) is 3.59. The van der Waals surface area contributed by atoms with Gasteiger partial charge < -0.3 is 0 Å². The molecule has 94 valence electrons. The van der Waals surface area contributed by atoms with Crippen LogP contribution in [0.4, 0.5) is 0 Å². The van der Waals surface area contributed by atoms with Crippen LogP contribution in [0.1, 0.15) is 18.9 Å². The summed E-state index contributed by atoms with van der Waals surface area (Å²) in [5.41, 5.74) is 5.20. The Kier molecular flexibility index (Phi) is 3.33. The molecule has 0 N–H and O–H groups in total. The maximum Gasteiger partial charge on any atom is -0.0184 e. The van der Waals surface area contributed by atoms with E-state index in [0.29, 0.717) is 5.92 Å². The molecule has 0 aliphatic heterocycles. The Hall–Kier alpha value is -2.08. The van der Waals surface area contributed by atoms with Crippen LogP contribution in [0.3, 0.4) is 0 Å². The molecule has 0 amide bonds. The lowest BCUT2D eigenvalue weighted by Crippen LogP contribution is -1.94. The van der Waals surface area contributed by atoms with Crippen LogP contribution in [0.5, 0.6) is 0 Å². The number of hydrogen-bond acceptors (Lipinski definition) is 0. The van der Waals surface area contributed by atoms with Crippen molar-refractivity contribution in [1.29, 1.82) is 0 Å². The van der Waals surface area contributed by atoms with Crippen LogP contribution in [0.15, 0.2) is 72.8 Å². The molecule has 1 aliphatic carbocycles. The molecular formula is C19H18. The molecule has 3 rings (SSSR count). The highest BCUT2D eigenvalue weighted by molar-refractivity contribution is 5.76. The molecule has 0 bridgehead atoms. The van der Waals surface area contributed by atoms with E-state index in [0.717, 1.165) is 6.42 Å². The third kappa shape index (κ3) is 2.68. The quantitative estimate of drug-likeness (QED) is 0.671. The fourth-order valence-corrected chi connectivity index (χ4v) is 2.52. The molecular weight excluding hydrogens is 228 g/mol. The summed E-state index contributed by atoms with van der Waals surface area (Å²) in [6.45, 7) is 2.27. The largest absolute Gasteiger partial charge is 0.0834 e. The number of rotatable bonds is 2. The van der Waals surface area contributed by atoms with Crippen LogP contribution in [-0.2, 0) is 0 Å². The molecule has 1 atom stereocenters. The van der Waals surface area contributed by atoms with Crippen molar-refractivity contribution in [2.75, 3.05) is 0 Å². The first-order valence-electron chi connectivity index (χ1n) is 6.87. The summed E-state index contributed by atoms with van der Waals surface area (Å²) >= 11 is 0. The van der Waals surface area contributed by atoms with E-state index in [1.165, 1.54) is 22.3 Å². The molecule has 0 fully saturated rings. The van der Waals surface area contributed by atoms with Gasteiger partial charge in [-0.05, 0) is 34.6 Å². The third-order valence-electron chi connectivity index (χ3n) is 3.59. The molecule has 1 aliphatic rings. The Morgan fingerprint density at radius 1 is 0.789 bits per heavy atom. The molecule has 19 heavy (non-hydrogen) atoms. The van der Waals surface area contributed by atoms with E-state index in [-0.39, 0.29) is 0 Å². The van der Waals surface area contributed by atoms with Crippen molar-refractivity contribution < 1.29 is 0 Å². The summed E-state index contributed by atoms with van der Waals surface area (Å²) in [7, 11) is 0. The number of allylic oxidation sites excluding steroid dienone is 4. The highest BCUT2D eigenvalue weighted by Gasteiger charge is 2.06. The normalized spacial score (nSPS) is 18.2. The average molecular weight is 246 g/mol. The molecule has 0 heterocycles. The van der Waals surface area contributed by atoms with Crippen LogP contribution in [0.25, 0.3) is 16.7 Å². The maximum absolute atomic E-state index is 2.36. The molecule has 1 unspecified atom stereocenters. The van der Waals surface area contributed by atoms with Gasteiger partial charge in [0.2, 0.25) is 0 Å². The molecule has 0 radical (unpaired) electrons. The van der Waals surface area contributed by atoms with E-state index < -0.39 is 0 Å². The van der Waals surface area contributed by atoms with Crippen molar-refractivity contribution in [2.24, 2.45) is 5.92 Å². The monoisotopic (exact) mass is 246 g/mol. The molecule has 0 heteroatoms. The molecule has 0 saturated carbocycles. The summed E-state index contributed by atoms with van der Waals surface area (Å²) in [4.78, 5) is 0. The minimum absolute atomic E-state index is 0.647. The van der Waals surface area contributed by atoms with E-state index in [2.05, 4.69) is 79.7 Å². The second kappa shape index (κ2) is 5.27. The van der Waals surface area contributed by atoms with Gasteiger partial charge in [0.25, 0.3) is 0 Å². The van der Waals surface area contributed by atoms with E-state index in [1.807, 2.05) is 0 Å². The summed E-state index contributed by atoms with van der Waals surface area (Å²) < 4.78 is 0. The van der Waals surface area contributed by atoms with Crippen molar-refractivity contribution >= 4 is 5.57 Å². The van der Waals surface area contributed by atoms with Gasteiger partial charge in [0.15, 0.2) is 0 Å². The molecule has 2 aromatic rings. The Labute approximate surface area is 115 Å².